The van der Waals surface area contributed by atoms with E-state index < -0.39 is 36.9 Å². The molecular formula is C50H101NO5. The van der Waals surface area contributed by atoms with E-state index in [1.807, 2.05) is 0 Å². The third kappa shape index (κ3) is 38.8. The average Bonchev–Trinajstić information content (AvgIpc) is 3.20. The van der Waals surface area contributed by atoms with E-state index in [2.05, 4.69) is 19.2 Å². The molecule has 1 amide bonds. The van der Waals surface area contributed by atoms with Crippen molar-refractivity contribution in [3.8, 4) is 0 Å². The zero-order chi connectivity index (χ0) is 41.0. The van der Waals surface area contributed by atoms with Crippen LogP contribution < -0.4 is 5.32 Å². The Bertz CT molecular complexity index is 766. The van der Waals surface area contributed by atoms with Gasteiger partial charge in [-0.3, -0.25) is 4.79 Å². The normalized spacial score (nSPS) is 13.9. The Kier molecular flexibility index (Phi) is 44.8. The summed E-state index contributed by atoms with van der Waals surface area (Å²) in [6.45, 7) is 4.09. The van der Waals surface area contributed by atoms with Crippen LogP contribution in [0.4, 0.5) is 0 Å². The minimum atomic E-state index is -1.25. The van der Waals surface area contributed by atoms with Gasteiger partial charge in [0, 0.05) is 0 Å². The van der Waals surface area contributed by atoms with Crippen LogP contribution in [0.5, 0.6) is 0 Å². The first kappa shape index (κ1) is 55.3. The fraction of sp³-hybridized carbons (Fsp3) is 0.980. The average molecular weight is 796 g/mol. The van der Waals surface area contributed by atoms with Gasteiger partial charge in [0.1, 0.15) is 12.2 Å². The van der Waals surface area contributed by atoms with Crippen molar-refractivity contribution < 1.29 is 25.2 Å². The third-order valence-corrected chi connectivity index (χ3v) is 12.3. The lowest BCUT2D eigenvalue weighted by atomic mass is 9.99. The molecule has 4 atom stereocenters. The Balaban J connectivity index is 3.62. The molecule has 0 fully saturated rings. The topological polar surface area (TPSA) is 110 Å². The minimum absolute atomic E-state index is 0.376. The second kappa shape index (κ2) is 45.4. The summed E-state index contributed by atoms with van der Waals surface area (Å²) in [5.74, 6) is -0.577. The monoisotopic (exact) mass is 796 g/mol. The molecule has 0 bridgehead atoms. The van der Waals surface area contributed by atoms with E-state index in [4.69, 9.17) is 0 Å². The maximum absolute atomic E-state index is 12.5. The van der Waals surface area contributed by atoms with Gasteiger partial charge in [0.25, 0.3) is 0 Å². The largest absolute Gasteiger partial charge is 0.394 e. The molecule has 6 nitrogen and oxygen atoms in total. The molecule has 0 radical (unpaired) electrons. The number of rotatable bonds is 47. The number of amides is 1. The molecule has 336 valence electrons. The van der Waals surface area contributed by atoms with Crippen LogP contribution in [0.15, 0.2) is 0 Å². The summed E-state index contributed by atoms with van der Waals surface area (Å²) in [4.78, 5) is 12.5. The Morgan fingerprint density at radius 2 is 0.607 bits per heavy atom. The summed E-state index contributed by atoms with van der Waals surface area (Å²) >= 11 is 0. The van der Waals surface area contributed by atoms with Gasteiger partial charge in [0.05, 0.1) is 18.8 Å². The van der Waals surface area contributed by atoms with Crippen LogP contribution in [0.2, 0.25) is 0 Å². The molecule has 0 saturated carbocycles. The van der Waals surface area contributed by atoms with Crippen molar-refractivity contribution >= 4 is 5.91 Å². The van der Waals surface area contributed by atoms with Crippen molar-refractivity contribution in [2.24, 2.45) is 0 Å². The van der Waals surface area contributed by atoms with Gasteiger partial charge in [-0.05, 0) is 12.8 Å². The number of unbranched alkanes of at least 4 members (excludes halogenated alkanes) is 38. The molecule has 0 spiro atoms. The standard InChI is InChI=1S/C50H101NO5/c1-3-5-7-9-11-13-15-17-19-21-22-23-24-25-26-28-29-31-33-35-37-39-41-43-47(53)49(55)46(45-52)51-50(56)48(54)44-42-40-38-36-34-32-30-27-20-18-16-14-12-10-8-6-4-2/h46-49,52-55H,3-45H2,1-2H3,(H,51,56). The van der Waals surface area contributed by atoms with Crippen LogP contribution in [0, 0.1) is 0 Å². The Labute approximate surface area is 350 Å². The van der Waals surface area contributed by atoms with Crippen LogP contribution in [-0.2, 0) is 4.79 Å². The van der Waals surface area contributed by atoms with Crippen molar-refractivity contribution in [1.82, 2.24) is 5.32 Å². The quantitative estimate of drug-likeness (QED) is 0.0394. The second-order valence-corrected chi connectivity index (χ2v) is 17.9. The Morgan fingerprint density at radius 3 is 0.857 bits per heavy atom. The van der Waals surface area contributed by atoms with E-state index in [1.165, 1.54) is 218 Å². The number of hydrogen-bond acceptors (Lipinski definition) is 5. The van der Waals surface area contributed by atoms with Crippen molar-refractivity contribution in [2.45, 2.75) is 308 Å². The molecule has 0 saturated heterocycles. The molecule has 0 rings (SSSR count). The number of aliphatic hydroxyl groups is 4. The van der Waals surface area contributed by atoms with Gasteiger partial charge in [-0.25, -0.2) is 0 Å². The molecule has 6 heteroatoms. The molecular weight excluding hydrogens is 695 g/mol. The summed E-state index contributed by atoms with van der Waals surface area (Å²) in [6, 6.07) is -0.979. The van der Waals surface area contributed by atoms with E-state index >= 15 is 0 Å². The molecule has 4 unspecified atom stereocenters. The van der Waals surface area contributed by atoms with Gasteiger partial charge in [-0.15, -0.1) is 0 Å². The van der Waals surface area contributed by atoms with Crippen LogP contribution in [0.3, 0.4) is 0 Å². The molecule has 0 aromatic rings. The van der Waals surface area contributed by atoms with Crippen LogP contribution in [0.25, 0.3) is 0 Å². The summed E-state index contributed by atoms with van der Waals surface area (Å²) in [5.41, 5.74) is 0. The zero-order valence-electron chi connectivity index (χ0n) is 37.9. The summed E-state index contributed by atoms with van der Waals surface area (Å²) in [6.07, 6.45) is 50.0. The summed E-state index contributed by atoms with van der Waals surface area (Å²) in [5, 5.41) is 43.9. The van der Waals surface area contributed by atoms with Crippen LogP contribution in [-0.4, -0.2) is 57.3 Å². The van der Waals surface area contributed by atoms with E-state index in [-0.39, 0.29) is 0 Å². The van der Waals surface area contributed by atoms with Gasteiger partial charge in [0.15, 0.2) is 0 Å². The van der Waals surface area contributed by atoms with E-state index in [0.29, 0.717) is 12.8 Å². The van der Waals surface area contributed by atoms with E-state index in [0.717, 1.165) is 38.5 Å². The second-order valence-electron chi connectivity index (χ2n) is 17.9. The lowest BCUT2D eigenvalue weighted by molar-refractivity contribution is -0.132. The number of aliphatic hydroxyl groups excluding tert-OH is 4. The van der Waals surface area contributed by atoms with Crippen LogP contribution >= 0.6 is 0 Å². The van der Waals surface area contributed by atoms with Gasteiger partial charge < -0.3 is 25.7 Å². The van der Waals surface area contributed by atoms with Crippen molar-refractivity contribution in [1.29, 1.82) is 0 Å². The predicted octanol–water partition coefficient (Wildman–Crippen LogP) is 14.0. The van der Waals surface area contributed by atoms with E-state index in [9.17, 15) is 25.2 Å². The van der Waals surface area contributed by atoms with Crippen LogP contribution in [0.1, 0.15) is 284 Å². The van der Waals surface area contributed by atoms with Gasteiger partial charge in [-0.2, -0.15) is 0 Å². The molecule has 0 aromatic carbocycles. The maximum Gasteiger partial charge on any atom is 0.249 e. The number of carbonyl (C=O) groups excluding carboxylic acids is 1. The Hall–Kier alpha value is -0.690. The number of hydrogen-bond donors (Lipinski definition) is 5. The van der Waals surface area contributed by atoms with Gasteiger partial charge >= 0.3 is 0 Å². The first-order valence-electron chi connectivity index (χ1n) is 25.4. The lowest BCUT2D eigenvalue weighted by Crippen LogP contribution is -2.53. The fourth-order valence-electron chi connectivity index (χ4n) is 8.29. The first-order valence-corrected chi connectivity index (χ1v) is 25.4. The summed E-state index contributed by atoms with van der Waals surface area (Å²) in [7, 11) is 0. The smallest absolute Gasteiger partial charge is 0.249 e. The molecule has 56 heavy (non-hydrogen) atoms. The number of nitrogens with one attached hydrogen (secondary N) is 1. The molecule has 0 aliphatic carbocycles. The highest BCUT2D eigenvalue weighted by Gasteiger charge is 2.28. The van der Waals surface area contributed by atoms with Gasteiger partial charge in [-0.1, -0.05) is 271 Å². The fourth-order valence-corrected chi connectivity index (χ4v) is 8.29. The predicted molar refractivity (Wildman–Crippen MR) is 242 cm³/mol. The zero-order valence-corrected chi connectivity index (χ0v) is 37.9. The van der Waals surface area contributed by atoms with Crippen molar-refractivity contribution in [3.05, 3.63) is 0 Å². The number of carbonyl (C=O) groups is 1. The first-order chi connectivity index (χ1) is 27.5. The summed E-state index contributed by atoms with van der Waals surface area (Å²) < 4.78 is 0. The SMILES string of the molecule is CCCCCCCCCCCCCCCCCCCCCCCCCC(O)C(O)C(CO)NC(=O)C(O)CCCCCCCCCCCCCCCCCCC. The molecule has 5 N–H and O–H groups in total. The molecule has 0 aliphatic rings. The third-order valence-electron chi connectivity index (χ3n) is 12.3. The van der Waals surface area contributed by atoms with Crippen molar-refractivity contribution in [2.75, 3.05) is 6.61 Å². The highest BCUT2D eigenvalue weighted by molar-refractivity contribution is 5.80. The highest BCUT2D eigenvalue weighted by Crippen LogP contribution is 2.18. The maximum atomic E-state index is 12.5. The van der Waals surface area contributed by atoms with E-state index in [1.54, 1.807) is 0 Å². The lowest BCUT2D eigenvalue weighted by Gasteiger charge is -2.27. The highest BCUT2D eigenvalue weighted by atomic mass is 16.3. The molecule has 0 heterocycles. The Morgan fingerprint density at radius 1 is 0.375 bits per heavy atom. The molecule has 0 aliphatic heterocycles. The van der Waals surface area contributed by atoms with Gasteiger partial charge in [0.2, 0.25) is 5.91 Å². The molecule has 0 aromatic heterocycles. The minimum Gasteiger partial charge on any atom is -0.394 e. The van der Waals surface area contributed by atoms with Crippen molar-refractivity contribution in [3.63, 3.8) is 0 Å².